The molecule has 0 aliphatic carbocycles. The van der Waals surface area contributed by atoms with Crippen LogP contribution in [0.3, 0.4) is 0 Å². The first kappa shape index (κ1) is 17.0. The number of rotatable bonds is 3. The maximum Gasteiger partial charge on any atom is 0.326 e. The Kier molecular flexibility index (Phi) is 4.02. The number of nitrogens with one attached hydrogen (secondary N) is 1. The molecular formula is C19H19N5O3. The number of imidazole rings is 1. The molecule has 0 saturated carbocycles. The van der Waals surface area contributed by atoms with Gasteiger partial charge < -0.3 is 15.0 Å². The number of nitrogens with zero attached hydrogens (tertiary/aromatic N) is 4. The molecule has 0 fully saturated rings. The molecule has 1 amide bonds. The SMILES string of the molecule is Cc1cc(C)n(-c2ccc(C(=O)N3Cc4[nH]cnc4CC3C(=O)O)cc2)n1. The predicted octanol–water partition coefficient (Wildman–Crippen LogP) is 1.86. The monoisotopic (exact) mass is 365 g/mol. The van der Waals surface area contributed by atoms with Crippen LogP contribution in [-0.2, 0) is 17.8 Å². The van der Waals surface area contributed by atoms with E-state index in [0.717, 1.165) is 22.8 Å². The van der Waals surface area contributed by atoms with Crippen molar-refractivity contribution in [2.75, 3.05) is 0 Å². The van der Waals surface area contributed by atoms with E-state index in [2.05, 4.69) is 15.1 Å². The van der Waals surface area contributed by atoms with Crippen LogP contribution in [0.4, 0.5) is 0 Å². The average molecular weight is 365 g/mol. The maximum absolute atomic E-state index is 13.0. The van der Waals surface area contributed by atoms with Crippen molar-refractivity contribution < 1.29 is 14.7 Å². The molecule has 3 heterocycles. The third kappa shape index (κ3) is 2.99. The lowest BCUT2D eigenvalue weighted by Crippen LogP contribution is -2.48. The number of carboxylic acid groups (broad SMARTS) is 1. The van der Waals surface area contributed by atoms with Gasteiger partial charge in [-0.25, -0.2) is 14.5 Å². The third-order valence-electron chi connectivity index (χ3n) is 4.81. The molecule has 0 saturated heterocycles. The number of hydrogen-bond acceptors (Lipinski definition) is 4. The predicted molar refractivity (Wildman–Crippen MR) is 96.6 cm³/mol. The molecule has 2 aromatic heterocycles. The van der Waals surface area contributed by atoms with Crippen LogP contribution in [-0.4, -0.2) is 47.7 Å². The van der Waals surface area contributed by atoms with Gasteiger partial charge in [0.15, 0.2) is 0 Å². The highest BCUT2D eigenvalue weighted by atomic mass is 16.4. The molecule has 138 valence electrons. The van der Waals surface area contributed by atoms with E-state index in [-0.39, 0.29) is 18.9 Å². The minimum atomic E-state index is -1.03. The Hall–Kier alpha value is -3.42. The Morgan fingerprint density at radius 2 is 1.96 bits per heavy atom. The number of carbonyl (C=O) groups excluding carboxylic acids is 1. The van der Waals surface area contributed by atoms with Crippen LogP contribution in [0.2, 0.25) is 0 Å². The number of carboxylic acids is 1. The number of aliphatic carboxylic acids is 1. The van der Waals surface area contributed by atoms with Crippen molar-refractivity contribution in [3.8, 4) is 5.69 Å². The van der Waals surface area contributed by atoms with Crippen molar-refractivity contribution >= 4 is 11.9 Å². The highest BCUT2D eigenvalue weighted by Gasteiger charge is 2.36. The second kappa shape index (κ2) is 6.39. The number of fused-ring (bicyclic) bond motifs is 1. The molecule has 0 bridgehead atoms. The summed E-state index contributed by atoms with van der Waals surface area (Å²) in [6.45, 7) is 4.09. The Labute approximate surface area is 155 Å². The van der Waals surface area contributed by atoms with Gasteiger partial charge in [-0.2, -0.15) is 5.10 Å². The number of aryl methyl sites for hydroxylation is 2. The van der Waals surface area contributed by atoms with Gasteiger partial charge in [0.2, 0.25) is 0 Å². The van der Waals surface area contributed by atoms with E-state index in [1.54, 1.807) is 16.8 Å². The minimum absolute atomic E-state index is 0.198. The van der Waals surface area contributed by atoms with Crippen LogP contribution in [0.1, 0.15) is 33.1 Å². The molecule has 1 aliphatic heterocycles. The van der Waals surface area contributed by atoms with Crippen LogP contribution in [0.5, 0.6) is 0 Å². The molecule has 8 heteroatoms. The summed E-state index contributed by atoms with van der Waals surface area (Å²) in [5.74, 6) is -1.35. The molecule has 4 rings (SSSR count). The molecule has 0 spiro atoms. The number of amides is 1. The summed E-state index contributed by atoms with van der Waals surface area (Å²) in [6, 6.07) is 8.09. The Balaban J connectivity index is 1.62. The molecule has 3 aromatic rings. The van der Waals surface area contributed by atoms with E-state index >= 15 is 0 Å². The van der Waals surface area contributed by atoms with Crippen LogP contribution >= 0.6 is 0 Å². The smallest absolute Gasteiger partial charge is 0.326 e. The van der Waals surface area contributed by atoms with Gasteiger partial charge in [-0.1, -0.05) is 0 Å². The average Bonchev–Trinajstić information content (AvgIpc) is 3.25. The first-order valence-corrected chi connectivity index (χ1v) is 8.62. The van der Waals surface area contributed by atoms with Gasteiger partial charge in [-0.15, -0.1) is 0 Å². The molecule has 2 N–H and O–H groups in total. The Morgan fingerprint density at radius 1 is 1.22 bits per heavy atom. The van der Waals surface area contributed by atoms with Crippen LogP contribution in [0.25, 0.3) is 5.69 Å². The standard InChI is InChI=1S/C19H19N5O3/c1-11-7-12(2)24(22-11)14-5-3-13(4-6-14)18(25)23-9-16-15(20-10-21-16)8-17(23)19(26)27/h3-7,10,17H,8-9H2,1-2H3,(H,20,21)(H,26,27). The van der Waals surface area contributed by atoms with Gasteiger partial charge in [-0.05, 0) is 44.2 Å². The van der Waals surface area contributed by atoms with Crippen molar-refractivity contribution in [1.29, 1.82) is 0 Å². The minimum Gasteiger partial charge on any atom is -0.480 e. The lowest BCUT2D eigenvalue weighted by molar-refractivity contribution is -0.142. The summed E-state index contributed by atoms with van der Waals surface area (Å²) in [5.41, 5.74) is 4.68. The molecule has 1 atom stereocenters. The lowest BCUT2D eigenvalue weighted by atomic mass is 10.0. The Bertz CT molecular complexity index is 1020. The molecule has 1 unspecified atom stereocenters. The van der Waals surface area contributed by atoms with Crippen molar-refractivity contribution in [2.45, 2.75) is 32.9 Å². The summed E-state index contributed by atoms with van der Waals surface area (Å²) in [5, 5.41) is 14.0. The van der Waals surface area contributed by atoms with E-state index in [4.69, 9.17) is 0 Å². The van der Waals surface area contributed by atoms with Crippen molar-refractivity contribution in [3.63, 3.8) is 0 Å². The molecular weight excluding hydrogens is 346 g/mol. The maximum atomic E-state index is 13.0. The second-order valence-electron chi connectivity index (χ2n) is 6.70. The third-order valence-corrected chi connectivity index (χ3v) is 4.81. The van der Waals surface area contributed by atoms with Crippen LogP contribution in [0.15, 0.2) is 36.7 Å². The van der Waals surface area contributed by atoms with Crippen molar-refractivity contribution in [1.82, 2.24) is 24.6 Å². The van der Waals surface area contributed by atoms with Gasteiger partial charge in [-0.3, -0.25) is 4.79 Å². The number of carbonyl (C=O) groups is 2. The number of aromatic amines is 1. The highest BCUT2D eigenvalue weighted by Crippen LogP contribution is 2.23. The fourth-order valence-corrected chi connectivity index (χ4v) is 3.47. The first-order valence-electron chi connectivity index (χ1n) is 8.62. The summed E-state index contributed by atoms with van der Waals surface area (Å²) in [6.07, 6.45) is 1.73. The molecule has 1 aliphatic rings. The van der Waals surface area contributed by atoms with Crippen molar-refractivity contribution in [3.05, 3.63) is 65.0 Å². The zero-order valence-electron chi connectivity index (χ0n) is 15.0. The van der Waals surface area contributed by atoms with Gasteiger partial charge in [0.25, 0.3) is 5.91 Å². The zero-order chi connectivity index (χ0) is 19.1. The lowest BCUT2D eigenvalue weighted by Gasteiger charge is -2.32. The number of hydrogen-bond donors (Lipinski definition) is 2. The summed E-state index contributed by atoms with van der Waals surface area (Å²) < 4.78 is 1.81. The largest absolute Gasteiger partial charge is 0.480 e. The van der Waals surface area contributed by atoms with E-state index in [1.165, 1.54) is 11.2 Å². The fourth-order valence-electron chi connectivity index (χ4n) is 3.47. The van der Waals surface area contributed by atoms with E-state index in [1.807, 2.05) is 32.0 Å². The molecule has 27 heavy (non-hydrogen) atoms. The van der Waals surface area contributed by atoms with E-state index in [9.17, 15) is 14.7 Å². The number of H-pyrrole nitrogens is 1. The Morgan fingerprint density at radius 3 is 2.59 bits per heavy atom. The summed E-state index contributed by atoms with van der Waals surface area (Å²) >= 11 is 0. The second-order valence-corrected chi connectivity index (χ2v) is 6.70. The van der Waals surface area contributed by atoms with Gasteiger partial charge in [0.05, 0.1) is 35.6 Å². The van der Waals surface area contributed by atoms with Crippen LogP contribution in [0, 0.1) is 13.8 Å². The normalized spacial score (nSPS) is 16.2. The molecule has 8 nitrogen and oxygen atoms in total. The van der Waals surface area contributed by atoms with E-state index in [0.29, 0.717) is 11.3 Å². The topological polar surface area (TPSA) is 104 Å². The summed E-state index contributed by atoms with van der Waals surface area (Å²) in [4.78, 5) is 33.1. The van der Waals surface area contributed by atoms with Gasteiger partial charge in [0.1, 0.15) is 6.04 Å². The quantitative estimate of drug-likeness (QED) is 0.737. The van der Waals surface area contributed by atoms with Crippen molar-refractivity contribution in [2.24, 2.45) is 0 Å². The van der Waals surface area contributed by atoms with Gasteiger partial charge in [0, 0.05) is 17.7 Å². The zero-order valence-corrected chi connectivity index (χ0v) is 15.0. The highest BCUT2D eigenvalue weighted by molar-refractivity contribution is 5.97. The van der Waals surface area contributed by atoms with Crippen LogP contribution < -0.4 is 0 Å². The molecule has 1 aromatic carbocycles. The van der Waals surface area contributed by atoms with E-state index < -0.39 is 12.0 Å². The summed E-state index contributed by atoms with van der Waals surface area (Å²) in [7, 11) is 0. The number of benzene rings is 1. The first-order chi connectivity index (χ1) is 12.9. The number of aromatic nitrogens is 4. The van der Waals surface area contributed by atoms with Gasteiger partial charge >= 0.3 is 5.97 Å². The fraction of sp³-hybridized carbons (Fsp3) is 0.263. The molecule has 0 radical (unpaired) electrons.